The Morgan fingerprint density at radius 2 is 1.94 bits per heavy atom. The molecule has 2 aromatic rings. The molecule has 0 aliphatic carbocycles. The maximum absolute atomic E-state index is 12.4. The summed E-state index contributed by atoms with van der Waals surface area (Å²) in [7, 11) is 5.02. The smallest absolute Gasteiger partial charge is 0.345 e. The van der Waals surface area contributed by atoms with E-state index in [9.17, 15) is 4.79 Å². The Morgan fingerprint density at radius 1 is 1.16 bits per heavy atom. The molecule has 3 rings (SSSR count). The lowest BCUT2D eigenvalue weighted by molar-refractivity contribution is 0.354. The van der Waals surface area contributed by atoms with Gasteiger partial charge in [-0.25, -0.2) is 9.48 Å². The number of aryl methyl sites for hydroxylation is 2. The Bertz CT molecular complexity index is 924. The Labute approximate surface area is 200 Å². The van der Waals surface area contributed by atoms with E-state index in [1.54, 1.807) is 25.9 Å². The van der Waals surface area contributed by atoms with Crippen molar-refractivity contribution in [2.24, 2.45) is 4.99 Å². The van der Waals surface area contributed by atoms with E-state index in [0.29, 0.717) is 13.1 Å². The van der Waals surface area contributed by atoms with Crippen molar-refractivity contribution in [3.05, 3.63) is 40.1 Å². The van der Waals surface area contributed by atoms with E-state index >= 15 is 0 Å². The third-order valence-corrected chi connectivity index (χ3v) is 5.25. The highest BCUT2D eigenvalue weighted by Gasteiger charge is 2.16. The van der Waals surface area contributed by atoms with Crippen molar-refractivity contribution in [2.45, 2.75) is 45.2 Å². The zero-order chi connectivity index (χ0) is 21.3. The lowest BCUT2D eigenvalue weighted by Gasteiger charge is -2.13. The lowest BCUT2D eigenvalue weighted by atomic mass is 10.1. The van der Waals surface area contributed by atoms with Gasteiger partial charge in [-0.2, -0.15) is 5.10 Å². The van der Waals surface area contributed by atoms with E-state index in [1.165, 1.54) is 0 Å². The SMILES string of the molecule is CN=C(NCCCn1nc2n(c1=O)CCCC2)NCCc1ccc(OC)c(OC)c1.I. The van der Waals surface area contributed by atoms with Crippen LogP contribution in [0.15, 0.2) is 28.0 Å². The van der Waals surface area contributed by atoms with Crippen LogP contribution < -0.4 is 25.8 Å². The predicted molar refractivity (Wildman–Crippen MR) is 132 cm³/mol. The molecule has 1 aliphatic heterocycles. The van der Waals surface area contributed by atoms with Crippen LogP contribution in [0.2, 0.25) is 0 Å². The van der Waals surface area contributed by atoms with Gasteiger partial charge in [0.05, 0.1) is 14.2 Å². The minimum Gasteiger partial charge on any atom is -0.493 e. The second kappa shape index (κ2) is 12.6. The monoisotopic (exact) mass is 544 g/mol. The topological polar surface area (TPSA) is 94.7 Å². The standard InChI is InChI=1S/C21H32N6O3.HI/c1-22-20(24-12-10-16-8-9-17(29-2)18(15-16)30-3)23-11-6-14-27-21(28)26-13-5-4-7-19(26)25-27;/h8-9,15H,4-7,10-14H2,1-3H3,(H2,22,23,24);1H. The van der Waals surface area contributed by atoms with Crippen LogP contribution in [0, 0.1) is 0 Å². The average molecular weight is 544 g/mol. The fourth-order valence-corrected chi connectivity index (χ4v) is 3.61. The number of aliphatic imine (C=N–C) groups is 1. The van der Waals surface area contributed by atoms with Crippen molar-refractivity contribution in [1.82, 2.24) is 25.0 Å². The number of ether oxygens (including phenoxy) is 2. The van der Waals surface area contributed by atoms with Crippen LogP contribution in [0.3, 0.4) is 0 Å². The summed E-state index contributed by atoms with van der Waals surface area (Å²) in [5.41, 5.74) is 1.17. The largest absolute Gasteiger partial charge is 0.493 e. The normalized spacial score (nSPS) is 13.2. The van der Waals surface area contributed by atoms with Gasteiger partial charge in [-0.1, -0.05) is 6.07 Å². The van der Waals surface area contributed by atoms with E-state index < -0.39 is 0 Å². The molecular weight excluding hydrogens is 511 g/mol. The quantitative estimate of drug-likeness (QED) is 0.217. The highest BCUT2D eigenvalue weighted by atomic mass is 127. The van der Waals surface area contributed by atoms with Crippen LogP contribution in [0.1, 0.15) is 30.7 Å². The molecule has 0 unspecified atom stereocenters. The van der Waals surface area contributed by atoms with Crippen LogP contribution in [0.4, 0.5) is 0 Å². The number of guanidine groups is 1. The van der Waals surface area contributed by atoms with Gasteiger partial charge >= 0.3 is 5.69 Å². The van der Waals surface area contributed by atoms with Gasteiger partial charge in [-0.3, -0.25) is 9.56 Å². The molecule has 0 amide bonds. The van der Waals surface area contributed by atoms with Crippen LogP contribution >= 0.6 is 24.0 Å². The first-order valence-electron chi connectivity index (χ1n) is 10.5. The Kier molecular flexibility index (Phi) is 10.2. The number of hydrogen-bond acceptors (Lipinski definition) is 5. The summed E-state index contributed by atoms with van der Waals surface area (Å²) in [6.45, 7) is 2.85. The zero-order valence-electron chi connectivity index (χ0n) is 18.5. The number of aromatic nitrogens is 3. The molecule has 2 heterocycles. The van der Waals surface area contributed by atoms with Crippen molar-refractivity contribution in [1.29, 1.82) is 0 Å². The van der Waals surface area contributed by atoms with Gasteiger partial charge in [-0.05, 0) is 43.4 Å². The highest BCUT2D eigenvalue weighted by molar-refractivity contribution is 14.0. The first kappa shape index (κ1) is 25.0. The molecule has 0 saturated heterocycles. The van der Waals surface area contributed by atoms with Gasteiger partial charge in [0.2, 0.25) is 0 Å². The van der Waals surface area contributed by atoms with E-state index in [2.05, 4.69) is 20.7 Å². The van der Waals surface area contributed by atoms with Crippen LogP contribution in [0.5, 0.6) is 11.5 Å². The molecule has 0 spiro atoms. The summed E-state index contributed by atoms with van der Waals surface area (Å²) in [6.07, 6.45) is 4.70. The van der Waals surface area contributed by atoms with Gasteiger partial charge in [0.1, 0.15) is 5.82 Å². The average Bonchev–Trinajstić information content (AvgIpc) is 3.10. The third-order valence-electron chi connectivity index (χ3n) is 5.25. The summed E-state index contributed by atoms with van der Waals surface area (Å²) >= 11 is 0. The summed E-state index contributed by atoms with van der Waals surface area (Å²) in [5.74, 6) is 3.12. The second-order valence-electron chi connectivity index (χ2n) is 7.25. The molecule has 0 atom stereocenters. The van der Waals surface area contributed by atoms with Gasteiger partial charge < -0.3 is 20.1 Å². The zero-order valence-corrected chi connectivity index (χ0v) is 20.8. The number of methoxy groups -OCH3 is 2. The summed E-state index contributed by atoms with van der Waals surface area (Å²) in [5, 5.41) is 11.1. The predicted octanol–water partition coefficient (Wildman–Crippen LogP) is 1.81. The fourth-order valence-electron chi connectivity index (χ4n) is 3.61. The lowest BCUT2D eigenvalue weighted by Crippen LogP contribution is -2.39. The molecule has 31 heavy (non-hydrogen) atoms. The summed E-state index contributed by atoms with van der Waals surface area (Å²) in [6, 6.07) is 5.93. The third kappa shape index (κ3) is 6.62. The number of benzene rings is 1. The van der Waals surface area contributed by atoms with Gasteiger partial charge in [0.25, 0.3) is 0 Å². The van der Waals surface area contributed by atoms with Crippen LogP contribution in [-0.2, 0) is 25.9 Å². The summed E-state index contributed by atoms with van der Waals surface area (Å²) < 4.78 is 14.0. The minimum atomic E-state index is 0. The number of nitrogens with one attached hydrogen (secondary N) is 2. The van der Waals surface area contributed by atoms with E-state index in [4.69, 9.17) is 9.47 Å². The van der Waals surface area contributed by atoms with Crippen LogP contribution in [-0.4, -0.2) is 54.7 Å². The number of halogens is 1. The molecule has 10 heteroatoms. The van der Waals surface area contributed by atoms with Gasteiger partial charge in [0.15, 0.2) is 17.5 Å². The van der Waals surface area contributed by atoms with Crippen LogP contribution in [0.25, 0.3) is 0 Å². The van der Waals surface area contributed by atoms with Crippen molar-refractivity contribution in [3.8, 4) is 11.5 Å². The molecule has 2 N–H and O–H groups in total. The molecule has 1 aromatic carbocycles. The van der Waals surface area contributed by atoms with Crippen molar-refractivity contribution < 1.29 is 9.47 Å². The van der Waals surface area contributed by atoms with E-state index in [-0.39, 0.29) is 29.7 Å². The second-order valence-corrected chi connectivity index (χ2v) is 7.25. The first-order chi connectivity index (χ1) is 14.7. The molecule has 0 bridgehead atoms. The van der Waals surface area contributed by atoms with Crippen molar-refractivity contribution >= 4 is 29.9 Å². The Hall–Kier alpha value is -2.24. The number of hydrogen-bond donors (Lipinski definition) is 2. The Balaban J connectivity index is 0.00000341. The molecule has 0 saturated carbocycles. The minimum absolute atomic E-state index is 0. The number of rotatable bonds is 9. The van der Waals surface area contributed by atoms with E-state index in [0.717, 1.165) is 74.0 Å². The fraction of sp³-hybridized carbons (Fsp3) is 0.571. The van der Waals surface area contributed by atoms with Gasteiger partial charge in [-0.15, -0.1) is 24.0 Å². The van der Waals surface area contributed by atoms with E-state index in [1.807, 2.05) is 22.8 Å². The molecule has 0 radical (unpaired) electrons. The highest BCUT2D eigenvalue weighted by Crippen LogP contribution is 2.27. The summed E-state index contributed by atoms with van der Waals surface area (Å²) in [4.78, 5) is 16.6. The van der Waals surface area contributed by atoms with Gasteiger partial charge in [0, 0.05) is 39.6 Å². The molecule has 1 aliphatic rings. The van der Waals surface area contributed by atoms with Crippen molar-refractivity contribution in [3.63, 3.8) is 0 Å². The molecule has 172 valence electrons. The maximum atomic E-state index is 12.4. The number of nitrogens with zero attached hydrogens (tertiary/aromatic N) is 4. The molecular formula is C21H33IN6O3. The Morgan fingerprint density at radius 3 is 2.65 bits per heavy atom. The maximum Gasteiger partial charge on any atom is 0.345 e. The molecule has 1 aromatic heterocycles. The first-order valence-corrected chi connectivity index (χ1v) is 10.5. The number of fused-ring (bicyclic) bond motifs is 1. The molecule has 9 nitrogen and oxygen atoms in total. The van der Waals surface area contributed by atoms with Crippen molar-refractivity contribution in [2.75, 3.05) is 34.4 Å². The molecule has 0 fully saturated rings.